The molecule has 1 N–H and O–H groups in total. The van der Waals surface area contributed by atoms with Gasteiger partial charge in [0.15, 0.2) is 0 Å². The summed E-state index contributed by atoms with van der Waals surface area (Å²) in [6.45, 7) is 0.510. The molecule has 0 saturated heterocycles. The van der Waals surface area contributed by atoms with Crippen molar-refractivity contribution in [2.75, 3.05) is 14.1 Å². The molecule has 0 spiro atoms. The van der Waals surface area contributed by atoms with Crippen LogP contribution in [0.5, 0.6) is 0 Å². The Morgan fingerprint density at radius 2 is 2.00 bits per heavy atom. The molecule has 4 nitrogen and oxygen atoms in total. The molecule has 1 aromatic rings. The van der Waals surface area contributed by atoms with Gasteiger partial charge in [-0.25, -0.2) is 12.8 Å². The van der Waals surface area contributed by atoms with Gasteiger partial charge in [-0.1, -0.05) is 18.9 Å². The van der Waals surface area contributed by atoms with E-state index in [2.05, 4.69) is 5.32 Å². The predicted octanol–water partition coefficient (Wildman–Crippen LogP) is 2.11. The maximum Gasteiger partial charge on any atom is 0.245 e. The summed E-state index contributed by atoms with van der Waals surface area (Å²) in [5.74, 6) is -0.678. The second-order valence-electron chi connectivity index (χ2n) is 5.25. The van der Waals surface area contributed by atoms with Crippen molar-refractivity contribution in [2.45, 2.75) is 43.2 Å². The maximum absolute atomic E-state index is 14.1. The van der Waals surface area contributed by atoms with Crippen LogP contribution >= 0.6 is 0 Å². The summed E-state index contributed by atoms with van der Waals surface area (Å²) in [4.78, 5) is -0.230. The zero-order valence-corrected chi connectivity index (χ0v) is 12.7. The minimum atomic E-state index is -3.75. The summed E-state index contributed by atoms with van der Waals surface area (Å²) in [7, 11) is -0.439. The molecule has 0 aromatic heterocycles. The highest BCUT2D eigenvalue weighted by Crippen LogP contribution is 2.28. The third kappa shape index (κ3) is 3.02. The van der Waals surface area contributed by atoms with Gasteiger partial charge in [0.1, 0.15) is 10.7 Å². The first-order valence-corrected chi connectivity index (χ1v) is 8.32. The Morgan fingerprint density at radius 3 is 2.55 bits per heavy atom. The lowest BCUT2D eigenvalue weighted by Gasteiger charge is -2.24. The van der Waals surface area contributed by atoms with E-state index in [9.17, 15) is 12.8 Å². The van der Waals surface area contributed by atoms with Crippen LogP contribution < -0.4 is 5.32 Å². The molecule has 0 aliphatic heterocycles. The van der Waals surface area contributed by atoms with Crippen LogP contribution in [0.2, 0.25) is 0 Å². The predicted molar refractivity (Wildman–Crippen MR) is 76.4 cm³/mol. The maximum atomic E-state index is 14.1. The SMILES string of the molecule is CNCc1ccc(S(=O)(=O)N(C)C2CCCC2)c(F)c1. The molecule has 0 radical (unpaired) electrons. The van der Waals surface area contributed by atoms with Gasteiger partial charge in [-0.3, -0.25) is 0 Å². The van der Waals surface area contributed by atoms with Crippen LogP contribution in [0.4, 0.5) is 4.39 Å². The summed E-state index contributed by atoms with van der Waals surface area (Å²) in [6.07, 6.45) is 3.78. The summed E-state index contributed by atoms with van der Waals surface area (Å²) in [5, 5.41) is 2.91. The summed E-state index contributed by atoms with van der Waals surface area (Å²) in [5.41, 5.74) is 0.729. The fourth-order valence-corrected chi connectivity index (χ4v) is 4.15. The standard InChI is InChI=1S/C14H21FN2O2S/c1-16-10-11-7-8-14(13(15)9-11)20(18,19)17(2)12-5-3-4-6-12/h7-9,12,16H,3-6,10H2,1-2H3. The van der Waals surface area contributed by atoms with Crippen LogP contribution in [0.15, 0.2) is 23.1 Å². The van der Waals surface area contributed by atoms with Crippen LogP contribution in [0.3, 0.4) is 0 Å². The summed E-state index contributed by atoms with van der Waals surface area (Å²) in [6, 6.07) is 4.29. The van der Waals surface area contributed by atoms with E-state index in [1.54, 1.807) is 20.2 Å². The smallest absolute Gasteiger partial charge is 0.245 e. The molecule has 0 atom stereocenters. The molecule has 0 heterocycles. The zero-order chi connectivity index (χ0) is 14.8. The number of hydrogen-bond donors (Lipinski definition) is 1. The number of sulfonamides is 1. The lowest BCUT2D eigenvalue weighted by molar-refractivity contribution is 0.370. The molecule has 0 unspecified atom stereocenters. The minimum absolute atomic E-state index is 0.00335. The molecular weight excluding hydrogens is 279 g/mol. The lowest BCUT2D eigenvalue weighted by atomic mass is 10.2. The van der Waals surface area contributed by atoms with Gasteiger partial charge >= 0.3 is 0 Å². The Hall–Kier alpha value is -0.980. The van der Waals surface area contributed by atoms with Crippen LogP contribution in [0, 0.1) is 5.82 Å². The van der Waals surface area contributed by atoms with Gasteiger partial charge < -0.3 is 5.32 Å². The average Bonchev–Trinajstić information content (AvgIpc) is 2.91. The topological polar surface area (TPSA) is 49.4 Å². The first-order chi connectivity index (χ1) is 9.46. The van der Waals surface area contributed by atoms with Crippen LogP contribution in [-0.4, -0.2) is 32.9 Å². The van der Waals surface area contributed by atoms with E-state index >= 15 is 0 Å². The first-order valence-electron chi connectivity index (χ1n) is 6.88. The monoisotopic (exact) mass is 300 g/mol. The van der Waals surface area contributed by atoms with Gasteiger partial charge in [0.25, 0.3) is 0 Å². The molecule has 1 saturated carbocycles. The van der Waals surface area contributed by atoms with E-state index in [4.69, 9.17) is 0 Å². The second kappa shape index (κ2) is 6.20. The van der Waals surface area contributed by atoms with Crippen molar-refractivity contribution >= 4 is 10.0 Å². The molecule has 6 heteroatoms. The highest BCUT2D eigenvalue weighted by atomic mass is 32.2. The highest BCUT2D eigenvalue weighted by Gasteiger charge is 2.31. The number of rotatable bonds is 5. The first kappa shape index (κ1) is 15.4. The van der Waals surface area contributed by atoms with E-state index < -0.39 is 15.8 Å². The number of nitrogens with one attached hydrogen (secondary N) is 1. The Balaban J connectivity index is 2.29. The molecule has 1 aliphatic carbocycles. The van der Waals surface area contributed by atoms with Gasteiger partial charge in [0.2, 0.25) is 10.0 Å². The third-order valence-electron chi connectivity index (χ3n) is 3.87. The zero-order valence-electron chi connectivity index (χ0n) is 11.9. The minimum Gasteiger partial charge on any atom is -0.316 e. The van der Waals surface area contributed by atoms with Crippen LogP contribution in [-0.2, 0) is 16.6 Å². The average molecular weight is 300 g/mol. The molecule has 0 amide bonds. The molecule has 112 valence electrons. The summed E-state index contributed by atoms with van der Waals surface area (Å²) < 4.78 is 40.4. The lowest BCUT2D eigenvalue weighted by Crippen LogP contribution is -2.35. The fourth-order valence-electron chi connectivity index (χ4n) is 2.69. The highest BCUT2D eigenvalue weighted by molar-refractivity contribution is 7.89. The van der Waals surface area contributed by atoms with Crippen LogP contribution in [0.25, 0.3) is 0 Å². The third-order valence-corrected chi connectivity index (χ3v) is 5.82. The van der Waals surface area contributed by atoms with Crippen molar-refractivity contribution in [1.82, 2.24) is 9.62 Å². The van der Waals surface area contributed by atoms with Gasteiger partial charge in [-0.2, -0.15) is 4.31 Å². The van der Waals surface area contributed by atoms with Gasteiger partial charge in [-0.15, -0.1) is 0 Å². The number of halogens is 1. The van der Waals surface area contributed by atoms with Crippen molar-refractivity contribution in [3.63, 3.8) is 0 Å². The molecule has 1 aliphatic rings. The van der Waals surface area contributed by atoms with Crippen LogP contribution in [0.1, 0.15) is 31.2 Å². The molecule has 2 rings (SSSR count). The molecule has 20 heavy (non-hydrogen) atoms. The number of nitrogens with zero attached hydrogens (tertiary/aromatic N) is 1. The van der Waals surface area contributed by atoms with E-state index in [-0.39, 0.29) is 10.9 Å². The van der Waals surface area contributed by atoms with Gasteiger partial charge in [-0.05, 0) is 37.6 Å². The van der Waals surface area contributed by atoms with Gasteiger partial charge in [0.05, 0.1) is 0 Å². The van der Waals surface area contributed by atoms with E-state index in [1.165, 1.54) is 16.4 Å². The van der Waals surface area contributed by atoms with E-state index in [0.717, 1.165) is 31.2 Å². The Kier molecular flexibility index (Phi) is 4.78. The van der Waals surface area contributed by atoms with Crippen molar-refractivity contribution in [1.29, 1.82) is 0 Å². The van der Waals surface area contributed by atoms with Crippen molar-refractivity contribution in [2.24, 2.45) is 0 Å². The van der Waals surface area contributed by atoms with E-state index in [1.807, 2.05) is 0 Å². The molecular formula is C14H21FN2O2S. The molecule has 1 fully saturated rings. The molecule has 0 bridgehead atoms. The number of benzene rings is 1. The second-order valence-corrected chi connectivity index (χ2v) is 7.22. The van der Waals surface area contributed by atoms with Gasteiger partial charge in [0, 0.05) is 19.6 Å². The quantitative estimate of drug-likeness (QED) is 0.906. The Morgan fingerprint density at radius 1 is 1.35 bits per heavy atom. The fraction of sp³-hybridized carbons (Fsp3) is 0.571. The molecule has 1 aromatic carbocycles. The van der Waals surface area contributed by atoms with Crippen molar-refractivity contribution in [3.8, 4) is 0 Å². The largest absolute Gasteiger partial charge is 0.316 e. The van der Waals surface area contributed by atoms with E-state index in [0.29, 0.717) is 6.54 Å². The normalized spacial score (nSPS) is 17.0. The van der Waals surface area contributed by atoms with Crippen molar-refractivity contribution < 1.29 is 12.8 Å². The Bertz CT molecular complexity index is 569. The van der Waals surface area contributed by atoms with Crippen molar-refractivity contribution in [3.05, 3.63) is 29.6 Å². The summed E-state index contributed by atoms with van der Waals surface area (Å²) >= 11 is 0. The Labute approximate surface area is 120 Å². The number of hydrogen-bond acceptors (Lipinski definition) is 3.